The van der Waals surface area contributed by atoms with Crippen molar-refractivity contribution in [3.8, 4) is 0 Å². The number of benzene rings is 1. The third kappa shape index (κ3) is 5.70. The minimum atomic E-state index is -0.190. The maximum Gasteiger partial charge on any atom is 0.223 e. The predicted octanol–water partition coefficient (Wildman–Crippen LogP) is 2.41. The number of aliphatic imine (C=N–C) groups is 2. The van der Waals surface area contributed by atoms with Gasteiger partial charge in [0.1, 0.15) is 5.71 Å². The summed E-state index contributed by atoms with van der Waals surface area (Å²) in [5.41, 5.74) is 1.23. The highest BCUT2D eigenvalue weighted by Crippen LogP contribution is 2.21. The summed E-state index contributed by atoms with van der Waals surface area (Å²) in [5, 5.41) is 10.5. The SMILES string of the molecule is C=C/C(C=O)=N\C(=NC)N1CCC(C(=O)NC(CC=N)c2ccccc2)CC1. The molecule has 0 spiro atoms. The van der Waals surface area contributed by atoms with E-state index in [1.54, 1.807) is 7.05 Å². The van der Waals surface area contributed by atoms with Gasteiger partial charge in [-0.1, -0.05) is 36.9 Å². The molecule has 7 nitrogen and oxygen atoms in total. The van der Waals surface area contributed by atoms with Crippen molar-refractivity contribution in [2.75, 3.05) is 20.1 Å². The molecule has 0 bridgehead atoms. The van der Waals surface area contributed by atoms with Crippen LogP contribution >= 0.6 is 0 Å². The van der Waals surface area contributed by atoms with Gasteiger partial charge in [-0.15, -0.1) is 0 Å². The second-order valence-corrected chi connectivity index (χ2v) is 6.56. The van der Waals surface area contributed by atoms with Crippen LogP contribution in [0.1, 0.15) is 30.9 Å². The Morgan fingerprint density at radius 3 is 2.57 bits per heavy atom. The molecule has 0 aromatic heterocycles. The molecule has 0 aliphatic carbocycles. The van der Waals surface area contributed by atoms with E-state index in [1.165, 1.54) is 12.3 Å². The fraction of sp³-hybridized carbons (Fsp3) is 0.381. The van der Waals surface area contributed by atoms with Gasteiger partial charge in [0.15, 0.2) is 6.29 Å². The van der Waals surface area contributed by atoms with E-state index >= 15 is 0 Å². The maximum absolute atomic E-state index is 12.8. The Morgan fingerprint density at radius 1 is 1.36 bits per heavy atom. The van der Waals surface area contributed by atoms with Gasteiger partial charge in [0, 0.05) is 32.5 Å². The van der Waals surface area contributed by atoms with Crippen molar-refractivity contribution in [1.29, 1.82) is 5.41 Å². The molecule has 7 heteroatoms. The molecule has 1 aromatic rings. The summed E-state index contributed by atoms with van der Waals surface area (Å²) in [6.45, 7) is 4.84. The van der Waals surface area contributed by atoms with E-state index in [4.69, 9.17) is 5.41 Å². The second-order valence-electron chi connectivity index (χ2n) is 6.56. The van der Waals surface area contributed by atoms with E-state index in [0.29, 0.717) is 44.6 Å². The highest BCUT2D eigenvalue weighted by Gasteiger charge is 2.28. The molecular formula is C21H27N5O2. The number of carbonyl (C=O) groups excluding carboxylic acids is 2. The topological polar surface area (TPSA) is 98.0 Å². The molecule has 1 saturated heterocycles. The van der Waals surface area contributed by atoms with Gasteiger partial charge in [-0.2, -0.15) is 0 Å². The summed E-state index contributed by atoms with van der Waals surface area (Å²) < 4.78 is 0. The summed E-state index contributed by atoms with van der Waals surface area (Å²) in [6, 6.07) is 9.52. The summed E-state index contributed by atoms with van der Waals surface area (Å²) in [5.74, 6) is 0.389. The number of hydrogen-bond donors (Lipinski definition) is 2. The van der Waals surface area contributed by atoms with Crippen molar-refractivity contribution in [2.45, 2.75) is 25.3 Å². The Balaban J connectivity index is 1.97. The number of aldehydes is 1. The molecule has 1 heterocycles. The van der Waals surface area contributed by atoms with Gasteiger partial charge in [0.25, 0.3) is 0 Å². The van der Waals surface area contributed by atoms with Crippen LogP contribution in [-0.2, 0) is 9.59 Å². The maximum atomic E-state index is 12.8. The van der Waals surface area contributed by atoms with Gasteiger partial charge in [-0.25, -0.2) is 4.99 Å². The van der Waals surface area contributed by atoms with Crippen molar-refractivity contribution < 1.29 is 9.59 Å². The van der Waals surface area contributed by atoms with Crippen LogP contribution in [0.5, 0.6) is 0 Å². The molecule has 0 radical (unpaired) electrons. The second kappa shape index (κ2) is 10.9. The summed E-state index contributed by atoms with van der Waals surface area (Å²) in [6.07, 6.45) is 5.18. The minimum Gasteiger partial charge on any atom is -0.349 e. The summed E-state index contributed by atoms with van der Waals surface area (Å²) in [7, 11) is 1.63. The first-order valence-corrected chi connectivity index (χ1v) is 9.35. The molecule has 1 fully saturated rings. The fourth-order valence-corrected chi connectivity index (χ4v) is 3.21. The Hall–Kier alpha value is -3.09. The normalized spacial score (nSPS) is 17.0. The predicted molar refractivity (Wildman–Crippen MR) is 112 cm³/mol. The van der Waals surface area contributed by atoms with Crippen LogP contribution < -0.4 is 5.32 Å². The molecule has 28 heavy (non-hydrogen) atoms. The van der Waals surface area contributed by atoms with Crippen LogP contribution in [0.3, 0.4) is 0 Å². The van der Waals surface area contributed by atoms with Gasteiger partial charge in [0.2, 0.25) is 11.9 Å². The number of likely N-dealkylation sites (tertiary alicyclic amines) is 1. The molecule has 1 unspecified atom stereocenters. The van der Waals surface area contributed by atoms with Crippen molar-refractivity contribution in [2.24, 2.45) is 15.9 Å². The van der Waals surface area contributed by atoms with E-state index < -0.39 is 0 Å². The lowest BCUT2D eigenvalue weighted by molar-refractivity contribution is -0.126. The van der Waals surface area contributed by atoms with Crippen LogP contribution in [0, 0.1) is 11.3 Å². The molecule has 1 aromatic carbocycles. The fourth-order valence-electron chi connectivity index (χ4n) is 3.21. The van der Waals surface area contributed by atoms with Crippen LogP contribution in [0.2, 0.25) is 0 Å². The van der Waals surface area contributed by atoms with E-state index in [1.807, 2.05) is 35.2 Å². The lowest BCUT2D eigenvalue weighted by Gasteiger charge is -2.32. The van der Waals surface area contributed by atoms with Crippen molar-refractivity contribution in [3.63, 3.8) is 0 Å². The molecule has 2 N–H and O–H groups in total. The number of guanidine groups is 1. The molecule has 1 aliphatic heterocycles. The van der Waals surface area contributed by atoms with E-state index in [2.05, 4.69) is 21.9 Å². The number of piperidine rings is 1. The number of allylic oxidation sites excluding steroid dienone is 1. The standard InChI is InChI=1S/C21H27N5O2/c1-3-18(15-27)24-21(23-2)26-13-10-17(11-14-26)20(28)25-19(9-12-22)16-7-5-4-6-8-16/h3-8,12,15,17,19,22H,1,9-11,13-14H2,2H3,(H,25,28)/b22-12?,23-21?,24-18+. The monoisotopic (exact) mass is 381 g/mol. The van der Waals surface area contributed by atoms with Gasteiger partial charge in [0.05, 0.1) is 6.04 Å². The minimum absolute atomic E-state index is 0.00788. The quantitative estimate of drug-likeness (QED) is 0.431. The first-order valence-electron chi connectivity index (χ1n) is 9.35. The van der Waals surface area contributed by atoms with E-state index in [9.17, 15) is 9.59 Å². The Bertz CT molecular complexity index is 739. The highest BCUT2D eigenvalue weighted by molar-refractivity contribution is 6.35. The van der Waals surface area contributed by atoms with Crippen molar-refractivity contribution in [1.82, 2.24) is 10.2 Å². The molecule has 2 rings (SSSR count). The van der Waals surface area contributed by atoms with E-state index in [-0.39, 0.29) is 23.6 Å². The number of hydrogen-bond acceptors (Lipinski definition) is 4. The molecule has 148 valence electrons. The Kier molecular flexibility index (Phi) is 8.27. The van der Waals surface area contributed by atoms with Crippen LogP contribution in [0.15, 0.2) is 53.0 Å². The first-order chi connectivity index (χ1) is 13.6. The average Bonchev–Trinajstić information content (AvgIpc) is 2.75. The molecule has 1 amide bonds. The third-order valence-corrected chi connectivity index (χ3v) is 4.78. The molecule has 0 saturated carbocycles. The van der Waals surface area contributed by atoms with Crippen LogP contribution in [-0.4, -0.2) is 55.1 Å². The zero-order valence-electron chi connectivity index (χ0n) is 16.2. The zero-order chi connectivity index (χ0) is 20.4. The van der Waals surface area contributed by atoms with Gasteiger partial charge < -0.3 is 15.6 Å². The van der Waals surface area contributed by atoms with Crippen LogP contribution in [0.25, 0.3) is 0 Å². The smallest absolute Gasteiger partial charge is 0.223 e. The number of rotatable bonds is 7. The number of nitrogens with zero attached hydrogens (tertiary/aromatic N) is 3. The van der Waals surface area contributed by atoms with Gasteiger partial charge in [-0.05, 0) is 30.7 Å². The van der Waals surface area contributed by atoms with Crippen molar-refractivity contribution in [3.05, 3.63) is 48.6 Å². The lowest BCUT2D eigenvalue weighted by Crippen LogP contribution is -2.43. The van der Waals surface area contributed by atoms with Gasteiger partial charge >= 0.3 is 0 Å². The highest BCUT2D eigenvalue weighted by atomic mass is 16.2. The number of carbonyl (C=O) groups is 2. The first kappa shape index (κ1) is 21.2. The van der Waals surface area contributed by atoms with E-state index in [0.717, 1.165) is 5.56 Å². The Labute approximate surface area is 165 Å². The summed E-state index contributed by atoms with van der Waals surface area (Å²) >= 11 is 0. The number of amides is 1. The Morgan fingerprint density at radius 2 is 2.04 bits per heavy atom. The molecule has 1 aliphatic rings. The van der Waals surface area contributed by atoms with Crippen molar-refractivity contribution >= 4 is 30.1 Å². The lowest BCUT2D eigenvalue weighted by atomic mass is 9.94. The molecule has 1 atom stereocenters. The summed E-state index contributed by atoms with van der Waals surface area (Å²) in [4.78, 5) is 34.0. The van der Waals surface area contributed by atoms with Crippen LogP contribution in [0.4, 0.5) is 0 Å². The average molecular weight is 381 g/mol. The zero-order valence-corrected chi connectivity index (χ0v) is 16.2. The third-order valence-electron chi connectivity index (χ3n) is 4.78. The number of nitrogens with one attached hydrogen (secondary N) is 2. The molecular weight excluding hydrogens is 354 g/mol. The largest absolute Gasteiger partial charge is 0.349 e. The van der Waals surface area contributed by atoms with Gasteiger partial charge in [-0.3, -0.25) is 14.6 Å².